The van der Waals surface area contributed by atoms with Crippen LogP contribution in [0.4, 0.5) is 5.69 Å². The Hall–Kier alpha value is -2.16. The van der Waals surface area contributed by atoms with Crippen LogP contribution in [-0.4, -0.2) is 39.1 Å². The lowest BCUT2D eigenvalue weighted by molar-refractivity contribution is -0.113. The molecule has 176 valence electrons. The van der Waals surface area contributed by atoms with E-state index >= 15 is 0 Å². The van der Waals surface area contributed by atoms with Gasteiger partial charge in [0.15, 0.2) is 11.0 Å². The number of anilines is 1. The first-order valence-corrected chi connectivity index (χ1v) is 13.6. The van der Waals surface area contributed by atoms with Gasteiger partial charge in [-0.2, -0.15) is 0 Å². The highest BCUT2D eigenvalue weighted by Gasteiger charge is 2.23. The topological polar surface area (TPSA) is 69.0 Å². The molecular weight excluding hydrogens is 452 g/mol. The third-order valence-electron chi connectivity index (χ3n) is 5.98. The number of thiophene rings is 1. The number of amides is 1. The molecule has 1 fully saturated rings. The van der Waals surface area contributed by atoms with Crippen molar-refractivity contribution in [3.8, 4) is 11.4 Å². The van der Waals surface area contributed by atoms with Crippen LogP contribution in [0.15, 0.2) is 34.8 Å². The number of nitrogens with zero attached hydrogens (tertiary/aromatic N) is 3. The molecule has 6 nitrogen and oxygen atoms in total. The molecule has 3 heterocycles. The maximum Gasteiger partial charge on any atom is 0.234 e. The molecule has 0 aliphatic carbocycles. The normalized spacial score (nSPS) is 15.8. The molecule has 1 saturated heterocycles. The van der Waals surface area contributed by atoms with Gasteiger partial charge in [-0.3, -0.25) is 9.36 Å². The number of hydrogen-bond donors (Lipinski definition) is 1. The second kappa shape index (κ2) is 11.3. The zero-order valence-electron chi connectivity index (χ0n) is 19.6. The maximum absolute atomic E-state index is 12.9. The maximum atomic E-state index is 12.9. The number of aromatic nitrogens is 3. The molecule has 0 bridgehead atoms. The standard InChI is InChI=1S/C25H32N4O2S2/c1-4-17-9-7-10-18(5-2)23(17)26-22(30)16-33-25-28-27-24(19-13-21(6-3)32-15-19)29(25)14-20-11-8-12-31-20/h7,9-10,13,15,20H,4-6,8,11-12,14,16H2,1-3H3,(H,26,30). The Kier molecular flexibility index (Phi) is 8.22. The van der Waals surface area contributed by atoms with Crippen LogP contribution >= 0.6 is 23.1 Å². The van der Waals surface area contributed by atoms with Crippen LogP contribution in [0.1, 0.15) is 49.6 Å². The zero-order valence-corrected chi connectivity index (χ0v) is 21.2. The second-order valence-corrected chi connectivity index (χ2v) is 10.1. The van der Waals surface area contributed by atoms with Crippen molar-refractivity contribution in [2.24, 2.45) is 0 Å². The number of carbonyl (C=O) groups excluding carboxylic acids is 1. The minimum absolute atomic E-state index is 0.0207. The lowest BCUT2D eigenvalue weighted by atomic mass is 10.0. The number of aryl methyl sites for hydroxylation is 3. The quantitative estimate of drug-likeness (QED) is 0.379. The van der Waals surface area contributed by atoms with Crippen LogP contribution in [-0.2, 0) is 35.3 Å². The van der Waals surface area contributed by atoms with Gasteiger partial charge < -0.3 is 10.1 Å². The molecule has 1 aliphatic heterocycles. The summed E-state index contributed by atoms with van der Waals surface area (Å²) in [5.41, 5.74) is 4.38. The molecular formula is C25H32N4O2S2. The molecule has 1 aromatic carbocycles. The van der Waals surface area contributed by atoms with E-state index in [2.05, 4.69) is 70.5 Å². The summed E-state index contributed by atoms with van der Waals surface area (Å²) in [5, 5.41) is 15.0. The van der Waals surface area contributed by atoms with E-state index in [1.54, 1.807) is 11.3 Å². The van der Waals surface area contributed by atoms with Crippen molar-refractivity contribution >= 4 is 34.7 Å². The number of ether oxygens (including phenoxy) is 1. The minimum Gasteiger partial charge on any atom is -0.376 e. The fraction of sp³-hybridized carbons (Fsp3) is 0.480. The van der Waals surface area contributed by atoms with Gasteiger partial charge >= 0.3 is 0 Å². The van der Waals surface area contributed by atoms with E-state index in [0.717, 1.165) is 60.9 Å². The van der Waals surface area contributed by atoms with Crippen molar-refractivity contribution in [1.29, 1.82) is 0 Å². The zero-order chi connectivity index (χ0) is 23.2. The highest BCUT2D eigenvalue weighted by atomic mass is 32.2. The van der Waals surface area contributed by atoms with E-state index in [1.165, 1.54) is 27.8 Å². The van der Waals surface area contributed by atoms with Gasteiger partial charge in [0, 0.05) is 28.1 Å². The number of nitrogens with one attached hydrogen (secondary N) is 1. The lowest BCUT2D eigenvalue weighted by Gasteiger charge is -2.15. The van der Waals surface area contributed by atoms with Gasteiger partial charge in [-0.25, -0.2) is 0 Å². The fourth-order valence-corrected chi connectivity index (χ4v) is 5.72. The van der Waals surface area contributed by atoms with Crippen molar-refractivity contribution in [2.75, 3.05) is 17.7 Å². The third-order valence-corrected chi connectivity index (χ3v) is 8.03. The van der Waals surface area contributed by atoms with Crippen LogP contribution in [0, 0.1) is 0 Å². The SMILES string of the molecule is CCc1cc(-c2nnc(SCC(=O)Nc3c(CC)cccc3CC)n2CC2CCCO2)cs1. The fourth-order valence-electron chi connectivity index (χ4n) is 4.16. The molecule has 1 unspecified atom stereocenters. The largest absolute Gasteiger partial charge is 0.376 e. The van der Waals surface area contributed by atoms with Gasteiger partial charge in [0.2, 0.25) is 5.91 Å². The van der Waals surface area contributed by atoms with Crippen molar-refractivity contribution in [2.45, 2.75) is 70.7 Å². The van der Waals surface area contributed by atoms with Gasteiger partial charge in [-0.15, -0.1) is 21.5 Å². The molecule has 1 amide bonds. The molecule has 4 rings (SSSR count). The van der Waals surface area contributed by atoms with E-state index in [4.69, 9.17) is 4.74 Å². The van der Waals surface area contributed by atoms with Crippen molar-refractivity contribution in [1.82, 2.24) is 14.8 Å². The second-order valence-electron chi connectivity index (χ2n) is 8.20. The van der Waals surface area contributed by atoms with Crippen LogP contribution in [0.25, 0.3) is 11.4 Å². The van der Waals surface area contributed by atoms with E-state index < -0.39 is 0 Å². The highest BCUT2D eigenvalue weighted by molar-refractivity contribution is 7.99. The number of carbonyl (C=O) groups is 1. The molecule has 3 aromatic rings. The van der Waals surface area contributed by atoms with Crippen molar-refractivity contribution < 1.29 is 9.53 Å². The van der Waals surface area contributed by atoms with E-state index in [0.29, 0.717) is 6.54 Å². The summed E-state index contributed by atoms with van der Waals surface area (Å²) in [6, 6.07) is 8.41. The molecule has 8 heteroatoms. The third kappa shape index (κ3) is 5.67. The summed E-state index contributed by atoms with van der Waals surface area (Å²) in [6.07, 6.45) is 5.07. The van der Waals surface area contributed by atoms with Gasteiger partial charge in [-0.05, 0) is 49.3 Å². The Bertz CT molecular complexity index is 1060. The average Bonchev–Trinajstić information content (AvgIpc) is 3.59. The molecule has 33 heavy (non-hydrogen) atoms. The van der Waals surface area contributed by atoms with Crippen LogP contribution in [0.5, 0.6) is 0 Å². The number of thioether (sulfide) groups is 1. The number of hydrogen-bond acceptors (Lipinski definition) is 6. The first-order valence-electron chi connectivity index (χ1n) is 11.8. The van der Waals surface area contributed by atoms with E-state index in [-0.39, 0.29) is 17.8 Å². The Labute approximate surface area is 204 Å². The molecule has 1 aliphatic rings. The predicted octanol–water partition coefficient (Wildman–Crippen LogP) is 5.60. The number of benzene rings is 1. The van der Waals surface area contributed by atoms with Crippen LogP contribution in [0.3, 0.4) is 0 Å². The molecule has 1 N–H and O–H groups in total. The average molecular weight is 485 g/mol. The first-order chi connectivity index (χ1) is 16.1. The van der Waals surface area contributed by atoms with Gasteiger partial charge in [0.1, 0.15) is 0 Å². The number of rotatable bonds is 10. The summed E-state index contributed by atoms with van der Waals surface area (Å²) in [7, 11) is 0. The van der Waals surface area contributed by atoms with Crippen LogP contribution < -0.4 is 5.32 Å². The van der Waals surface area contributed by atoms with Crippen LogP contribution in [0.2, 0.25) is 0 Å². The molecule has 0 saturated carbocycles. The van der Waals surface area contributed by atoms with Gasteiger partial charge in [0.25, 0.3) is 0 Å². The summed E-state index contributed by atoms with van der Waals surface area (Å²) in [6.45, 7) is 7.91. The molecule has 2 aromatic heterocycles. The molecule has 0 radical (unpaired) electrons. The monoisotopic (exact) mass is 484 g/mol. The van der Waals surface area contributed by atoms with E-state index in [1.807, 2.05) is 0 Å². The van der Waals surface area contributed by atoms with Gasteiger partial charge in [-0.1, -0.05) is 50.7 Å². The molecule has 1 atom stereocenters. The Morgan fingerprint density at radius 2 is 2.00 bits per heavy atom. The van der Waals surface area contributed by atoms with Crippen molar-refractivity contribution in [3.05, 3.63) is 45.6 Å². The summed E-state index contributed by atoms with van der Waals surface area (Å²) in [5.74, 6) is 1.12. The summed E-state index contributed by atoms with van der Waals surface area (Å²) in [4.78, 5) is 14.2. The van der Waals surface area contributed by atoms with Gasteiger partial charge in [0.05, 0.1) is 18.4 Å². The van der Waals surface area contributed by atoms with E-state index in [9.17, 15) is 4.79 Å². The predicted molar refractivity (Wildman–Crippen MR) is 136 cm³/mol. The Morgan fingerprint density at radius 3 is 2.64 bits per heavy atom. The smallest absolute Gasteiger partial charge is 0.234 e. The Balaban J connectivity index is 1.51. The molecule has 0 spiro atoms. The highest BCUT2D eigenvalue weighted by Crippen LogP contribution is 2.30. The minimum atomic E-state index is -0.0207. The Morgan fingerprint density at radius 1 is 1.21 bits per heavy atom. The first kappa shape index (κ1) is 24.0. The van der Waals surface area contributed by atoms with Crippen molar-refractivity contribution in [3.63, 3.8) is 0 Å². The summed E-state index contributed by atoms with van der Waals surface area (Å²) < 4.78 is 8.02. The summed E-state index contributed by atoms with van der Waals surface area (Å²) >= 11 is 3.19. The number of para-hydroxylation sites is 1. The lowest BCUT2D eigenvalue weighted by Crippen LogP contribution is -2.19.